The van der Waals surface area contributed by atoms with E-state index >= 15 is 4.39 Å². The predicted octanol–water partition coefficient (Wildman–Crippen LogP) is 6.02. The Morgan fingerprint density at radius 2 is 1.78 bits per heavy atom. The van der Waals surface area contributed by atoms with Crippen LogP contribution in [0.1, 0.15) is 52.1 Å². The third-order valence-corrected chi connectivity index (χ3v) is 7.79. The van der Waals surface area contributed by atoms with Crippen LogP contribution in [0.3, 0.4) is 0 Å². The monoisotopic (exact) mass is 572 g/mol. The summed E-state index contributed by atoms with van der Waals surface area (Å²) in [6, 6.07) is 16.8. The van der Waals surface area contributed by atoms with Crippen LogP contribution in [0, 0.1) is 18.6 Å². The number of hydrogen-bond donors (Lipinski definition) is 2. The fourth-order valence-corrected chi connectivity index (χ4v) is 5.69. The minimum atomic E-state index is -0.890. The van der Waals surface area contributed by atoms with Crippen molar-refractivity contribution in [3.05, 3.63) is 122 Å². The third-order valence-electron chi connectivity index (χ3n) is 6.84. The molecule has 0 aliphatic carbocycles. The van der Waals surface area contributed by atoms with Crippen LogP contribution < -0.4 is 11.3 Å². The van der Waals surface area contributed by atoms with Crippen molar-refractivity contribution in [1.82, 2.24) is 14.5 Å². The molecule has 2 heterocycles. The molecule has 0 aliphatic rings. The number of amides is 1. The van der Waals surface area contributed by atoms with Crippen LogP contribution in [-0.4, -0.2) is 25.5 Å². The summed E-state index contributed by atoms with van der Waals surface area (Å²) in [6.45, 7) is 3.80. The zero-order valence-corrected chi connectivity index (χ0v) is 23.1. The number of aromatic nitrogens is 3. The number of nitrogens with zero attached hydrogens (tertiary/aromatic N) is 3. The van der Waals surface area contributed by atoms with Crippen LogP contribution in [0.5, 0.6) is 5.88 Å². The number of aryl methyl sites for hydroxylation is 1. The van der Waals surface area contributed by atoms with Crippen molar-refractivity contribution in [2.75, 3.05) is 0 Å². The SMILES string of the molecule is CC[C@@H](c1ccccc1)n1c(-c2nc(C)cs2)nc(=O)c(Cc2ccc(-c3ccc(F)cc3C(N)=O)c(F)c2)c1O. The number of aromatic hydroxyl groups is 1. The van der Waals surface area contributed by atoms with Gasteiger partial charge in [-0.1, -0.05) is 55.5 Å². The van der Waals surface area contributed by atoms with E-state index in [0.29, 0.717) is 17.0 Å². The van der Waals surface area contributed by atoms with E-state index in [0.717, 1.165) is 23.4 Å². The minimum absolute atomic E-state index is 0.00293. The summed E-state index contributed by atoms with van der Waals surface area (Å²) >= 11 is 1.32. The molecule has 0 saturated carbocycles. The zero-order valence-electron chi connectivity index (χ0n) is 22.3. The first-order valence-corrected chi connectivity index (χ1v) is 13.8. The van der Waals surface area contributed by atoms with Gasteiger partial charge in [-0.15, -0.1) is 11.3 Å². The minimum Gasteiger partial charge on any atom is -0.494 e. The first-order chi connectivity index (χ1) is 19.7. The smallest absolute Gasteiger partial charge is 0.280 e. The number of thiazole rings is 1. The van der Waals surface area contributed by atoms with Gasteiger partial charge in [-0.2, -0.15) is 4.98 Å². The van der Waals surface area contributed by atoms with E-state index in [9.17, 15) is 19.1 Å². The molecule has 41 heavy (non-hydrogen) atoms. The van der Waals surface area contributed by atoms with Crippen LogP contribution in [0.2, 0.25) is 0 Å². The molecule has 7 nitrogen and oxygen atoms in total. The average Bonchev–Trinajstić information content (AvgIpc) is 3.39. The lowest BCUT2D eigenvalue weighted by atomic mass is 9.96. The molecule has 10 heteroatoms. The summed E-state index contributed by atoms with van der Waals surface area (Å²) in [7, 11) is 0. The Morgan fingerprint density at radius 1 is 1.05 bits per heavy atom. The number of halogens is 2. The van der Waals surface area contributed by atoms with Crippen molar-refractivity contribution >= 4 is 17.2 Å². The lowest BCUT2D eigenvalue weighted by molar-refractivity contribution is 0.100. The van der Waals surface area contributed by atoms with E-state index in [4.69, 9.17) is 5.73 Å². The highest BCUT2D eigenvalue weighted by molar-refractivity contribution is 7.13. The first-order valence-electron chi connectivity index (χ1n) is 12.9. The lowest BCUT2D eigenvalue weighted by Gasteiger charge is -2.24. The second-order valence-corrected chi connectivity index (χ2v) is 10.4. The molecule has 2 aromatic heterocycles. The molecule has 0 spiro atoms. The van der Waals surface area contributed by atoms with Crippen molar-refractivity contribution < 1.29 is 18.7 Å². The Bertz CT molecular complexity index is 1820. The standard InChI is InChI=1S/C31H26F2N4O3S/c1-3-26(19-7-5-4-6-8-19)37-28(30-35-17(2)16-41-30)36-29(39)24(31(37)40)13-18-9-11-22(25(33)14-18)21-12-10-20(32)15-23(21)27(34)38/h4-12,14-16,26,40H,3,13H2,1-2H3,(H2,34,38)/t26-/m0/s1. The summed E-state index contributed by atoms with van der Waals surface area (Å²) in [4.78, 5) is 34.0. The van der Waals surface area contributed by atoms with Crippen LogP contribution in [0.25, 0.3) is 22.0 Å². The maximum Gasteiger partial charge on any atom is 0.280 e. The number of benzene rings is 3. The van der Waals surface area contributed by atoms with Gasteiger partial charge in [0.2, 0.25) is 11.8 Å². The molecule has 3 aromatic carbocycles. The molecule has 5 rings (SSSR count). The van der Waals surface area contributed by atoms with Crippen molar-refractivity contribution in [3.8, 4) is 27.8 Å². The summed E-state index contributed by atoms with van der Waals surface area (Å²) in [5, 5.41) is 13.9. The van der Waals surface area contributed by atoms with E-state index < -0.39 is 23.1 Å². The maximum absolute atomic E-state index is 15.3. The van der Waals surface area contributed by atoms with Crippen molar-refractivity contribution in [2.24, 2.45) is 5.73 Å². The topological polar surface area (TPSA) is 111 Å². The van der Waals surface area contributed by atoms with Gasteiger partial charge in [-0.25, -0.2) is 13.8 Å². The summed E-state index contributed by atoms with van der Waals surface area (Å²) < 4.78 is 30.7. The van der Waals surface area contributed by atoms with Crippen LogP contribution >= 0.6 is 11.3 Å². The highest BCUT2D eigenvalue weighted by atomic mass is 32.1. The third kappa shape index (κ3) is 5.51. The van der Waals surface area contributed by atoms with Crippen LogP contribution in [0.15, 0.2) is 76.9 Å². The molecular formula is C31H26F2N4O3S. The molecule has 0 unspecified atom stereocenters. The van der Waals surface area contributed by atoms with Gasteiger partial charge in [0.25, 0.3) is 5.56 Å². The summed E-state index contributed by atoms with van der Waals surface area (Å²) in [5.41, 5.74) is 6.84. The highest BCUT2D eigenvalue weighted by Gasteiger charge is 2.26. The van der Waals surface area contributed by atoms with Gasteiger partial charge >= 0.3 is 0 Å². The molecule has 0 fully saturated rings. The number of hydrogen-bond acceptors (Lipinski definition) is 6. The van der Waals surface area contributed by atoms with Crippen LogP contribution in [-0.2, 0) is 6.42 Å². The van der Waals surface area contributed by atoms with Crippen molar-refractivity contribution in [2.45, 2.75) is 32.7 Å². The second-order valence-electron chi connectivity index (χ2n) is 9.59. The van der Waals surface area contributed by atoms with Crippen LogP contribution in [0.4, 0.5) is 8.78 Å². The van der Waals surface area contributed by atoms with Crippen molar-refractivity contribution in [1.29, 1.82) is 0 Å². The molecule has 208 valence electrons. The van der Waals surface area contributed by atoms with Gasteiger partial charge in [0.1, 0.15) is 11.6 Å². The Balaban J connectivity index is 1.61. The molecule has 0 bridgehead atoms. The fourth-order valence-electron chi connectivity index (χ4n) is 4.91. The Kier molecular flexibility index (Phi) is 7.76. The molecule has 0 aliphatic heterocycles. The molecule has 0 saturated heterocycles. The second kappa shape index (κ2) is 11.4. The number of carbonyl (C=O) groups excluding carboxylic acids is 1. The Labute approximate surface area is 238 Å². The lowest BCUT2D eigenvalue weighted by Crippen LogP contribution is -2.24. The Hall–Kier alpha value is -4.70. The van der Waals surface area contributed by atoms with Gasteiger partial charge in [-0.05, 0) is 48.2 Å². The largest absolute Gasteiger partial charge is 0.494 e. The van der Waals surface area contributed by atoms with E-state index in [-0.39, 0.29) is 46.4 Å². The predicted molar refractivity (Wildman–Crippen MR) is 154 cm³/mol. The number of primary amides is 1. The van der Waals surface area contributed by atoms with Crippen molar-refractivity contribution in [3.63, 3.8) is 0 Å². The number of carbonyl (C=O) groups is 1. The molecule has 3 N–H and O–H groups in total. The molecule has 1 amide bonds. The van der Waals surface area contributed by atoms with E-state index in [1.54, 1.807) is 10.6 Å². The number of rotatable bonds is 8. The van der Waals surface area contributed by atoms with Gasteiger partial charge in [-0.3, -0.25) is 14.2 Å². The maximum atomic E-state index is 15.3. The van der Waals surface area contributed by atoms with Gasteiger partial charge in [0, 0.05) is 28.6 Å². The normalized spacial score (nSPS) is 11.9. The molecule has 1 atom stereocenters. The Morgan fingerprint density at radius 3 is 2.41 bits per heavy atom. The van der Waals surface area contributed by atoms with E-state index in [1.165, 1.54) is 29.5 Å². The van der Waals surface area contributed by atoms with Gasteiger partial charge < -0.3 is 10.8 Å². The average molecular weight is 573 g/mol. The highest BCUT2D eigenvalue weighted by Crippen LogP contribution is 2.35. The molecule has 5 aromatic rings. The van der Waals surface area contributed by atoms with E-state index in [2.05, 4.69) is 9.97 Å². The zero-order chi connectivity index (χ0) is 29.3. The summed E-state index contributed by atoms with van der Waals surface area (Å²) in [5.74, 6) is -2.28. The fraction of sp³-hybridized carbons (Fsp3) is 0.161. The molecule has 0 radical (unpaired) electrons. The number of nitrogens with two attached hydrogens (primary N) is 1. The van der Waals surface area contributed by atoms with Gasteiger partial charge in [0.15, 0.2) is 10.8 Å². The van der Waals surface area contributed by atoms with Gasteiger partial charge in [0.05, 0.1) is 11.6 Å². The van der Waals surface area contributed by atoms with E-state index in [1.807, 2.05) is 49.6 Å². The quantitative estimate of drug-likeness (QED) is 0.236. The summed E-state index contributed by atoms with van der Waals surface area (Å²) in [6.07, 6.45) is 0.478. The molecular weight excluding hydrogens is 546 g/mol. The first kappa shape index (κ1) is 27.9.